The molecule has 3 aliphatic rings. The Hall–Kier alpha value is -4.04. The Kier molecular flexibility index (Phi) is 7.35. The van der Waals surface area contributed by atoms with E-state index < -0.39 is 10.8 Å². The lowest BCUT2D eigenvalue weighted by atomic mass is 9.79. The van der Waals surface area contributed by atoms with Gasteiger partial charge in [0.25, 0.3) is 0 Å². The molecular weight excluding hydrogens is 526 g/mol. The maximum absolute atomic E-state index is 13.5. The molecule has 2 aliphatic heterocycles. The first-order valence-corrected chi connectivity index (χ1v) is 14.9. The van der Waals surface area contributed by atoms with Gasteiger partial charge in [0.2, 0.25) is 17.7 Å². The molecule has 1 fully saturated rings. The van der Waals surface area contributed by atoms with E-state index in [1.165, 1.54) is 18.4 Å². The molecule has 42 heavy (non-hydrogen) atoms. The minimum Gasteiger partial charge on any atom is -0.329 e. The summed E-state index contributed by atoms with van der Waals surface area (Å²) in [6.07, 6.45) is 5.29. The van der Waals surface area contributed by atoms with Crippen molar-refractivity contribution in [2.45, 2.75) is 65.0 Å². The van der Waals surface area contributed by atoms with Gasteiger partial charge in [-0.15, -0.1) is 0 Å². The number of pyridine rings is 1. The number of fused-ring (bicyclic) bond motifs is 3. The highest BCUT2D eigenvalue weighted by molar-refractivity contribution is 6.06. The van der Waals surface area contributed by atoms with Gasteiger partial charge in [-0.3, -0.25) is 19.3 Å². The van der Waals surface area contributed by atoms with E-state index in [1.54, 1.807) is 11.1 Å². The smallest absolute Gasteiger partial charge is 0.244 e. The molecule has 8 heteroatoms. The van der Waals surface area contributed by atoms with E-state index in [0.29, 0.717) is 30.9 Å². The van der Waals surface area contributed by atoms with Crippen LogP contribution in [0.25, 0.3) is 0 Å². The van der Waals surface area contributed by atoms with Crippen molar-refractivity contribution in [3.8, 4) is 0 Å². The number of likely N-dealkylation sites (tertiary alicyclic amines) is 1. The number of amides is 3. The van der Waals surface area contributed by atoms with Crippen LogP contribution < -0.4 is 10.6 Å². The lowest BCUT2D eigenvalue weighted by Crippen LogP contribution is -2.43. The number of hydrogen-bond donors (Lipinski definition) is 2. The van der Waals surface area contributed by atoms with Crippen LogP contribution in [-0.2, 0) is 45.7 Å². The highest BCUT2D eigenvalue weighted by Gasteiger charge is 2.51. The van der Waals surface area contributed by atoms with Crippen LogP contribution in [0, 0.1) is 5.41 Å². The Labute approximate surface area is 247 Å². The third kappa shape index (κ3) is 5.43. The van der Waals surface area contributed by atoms with Gasteiger partial charge in [-0.1, -0.05) is 57.2 Å². The number of aromatic nitrogens is 1. The zero-order chi connectivity index (χ0) is 29.5. The molecule has 0 radical (unpaired) electrons. The molecule has 3 heterocycles. The number of carbonyl (C=O) groups is 3. The Morgan fingerprint density at radius 1 is 1.00 bits per heavy atom. The SMILES string of the molecule is CC(C)(C)C(=O)N(CC(=O)Nc1ccc2c(c1)CC1(C2)C(=O)Nc2ncccc21)Cc1ccccc1CN1CCCC1. The summed E-state index contributed by atoms with van der Waals surface area (Å²) < 4.78 is 0. The molecule has 1 unspecified atom stereocenters. The number of carbonyl (C=O) groups excluding carboxylic acids is 3. The van der Waals surface area contributed by atoms with Gasteiger partial charge in [-0.2, -0.15) is 0 Å². The first-order chi connectivity index (χ1) is 20.1. The second-order valence-corrected chi connectivity index (χ2v) is 13.0. The van der Waals surface area contributed by atoms with Crippen LogP contribution in [0.4, 0.5) is 11.5 Å². The van der Waals surface area contributed by atoms with Gasteiger partial charge in [-0.25, -0.2) is 4.98 Å². The normalized spacial score (nSPS) is 19.5. The van der Waals surface area contributed by atoms with Crippen molar-refractivity contribution < 1.29 is 14.4 Å². The van der Waals surface area contributed by atoms with Gasteiger partial charge in [0.1, 0.15) is 12.4 Å². The second kappa shape index (κ2) is 11.0. The minimum atomic E-state index is -0.660. The summed E-state index contributed by atoms with van der Waals surface area (Å²) in [5.41, 5.74) is 4.72. The van der Waals surface area contributed by atoms with E-state index in [2.05, 4.69) is 32.7 Å². The van der Waals surface area contributed by atoms with Crippen LogP contribution in [0.1, 0.15) is 61.4 Å². The van der Waals surface area contributed by atoms with E-state index in [4.69, 9.17) is 0 Å². The third-order valence-corrected chi connectivity index (χ3v) is 8.80. The van der Waals surface area contributed by atoms with Crippen molar-refractivity contribution in [3.05, 3.63) is 88.6 Å². The second-order valence-electron chi connectivity index (χ2n) is 13.0. The molecule has 1 atom stereocenters. The number of nitrogens with zero attached hydrogens (tertiary/aromatic N) is 3. The number of anilines is 2. The fourth-order valence-corrected chi connectivity index (χ4v) is 6.65. The highest BCUT2D eigenvalue weighted by Crippen LogP contribution is 2.47. The third-order valence-electron chi connectivity index (χ3n) is 8.80. The molecule has 3 amide bonds. The van der Waals surface area contributed by atoms with Gasteiger partial charge in [0, 0.05) is 36.0 Å². The van der Waals surface area contributed by atoms with Gasteiger partial charge < -0.3 is 15.5 Å². The molecule has 3 aromatic rings. The molecule has 1 aliphatic carbocycles. The topological polar surface area (TPSA) is 94.6 Å². The van der Waals surface area contributed by atoms with Gasteiger partial charge in [0.05, 0.1) is 5.41 Å². The predicted octanol–water partition coefficient (Wildman–Crippen LogP) is 4.68. The van der Waals surface area contributed by atoms with Crippen LogP contribution in [0.2, 0.25) is 0 Å². The molecule has 8 nitrogen and oxygen atoms in total. The molecule has 6 rings (SSSR count). The van der Waals surface area contributed by atoms with Gasteiger partial charge >= 0.3 is 0 Å². The van der Waals surface area contributed by atoms with E-state index in [1.807, 2.05) is 63.2 Å². The minimum absolute atomic E-state index is 0.0284. The van der Waals surface area contributed by atoms with E-state index in [-0.39, 0.29) is 24.3 Å². The summed E-state index contributed by atoms with van der Waals surface area (Å²) in [5.74, 6) is 0.295. The molecule has 1 saturated heterocycles. The molecule has 0 bridgehead atoms. The van der Waals surface area contributed by atoms with Crippen molar-refractivity contribution in [2.24, 2.45) is 5.41 Å². The zero-order valence-corrected chi connectivity index (χ0v) is 24.7. The quantitative estimate of drug-likeness (QED) is 0.434. The molecule has 0 saturated carbocycles. The number of nitrogens with one attached hydrogen (secondary N) is 2. The van der Waals surface area contributed by atoms with Crippen LogP contribution >= 0.6 is 0 Å². The van der Waals surface area contributed by atoms with E-state index >= 15 is 0 Å². The first-order valence-electron chi connectivity index (χ1n) is 14.9. The Balaban J connectivity index is 1.17. The van der Waals surface area contributed by atoms with Gasteiger partial charge in [-0.05, 0) is 79.2 Å². The van der Waals surface area contributed by atoms with Crippen LogP contribution in [-0.4, -0.2) is 52.1 Å². The maximum atomic E-state index is 13.5. The summed E-state index contributed by atoms with van der Waals surface area (Å²) in [7, 11) is 0. The Morgan fingerprint density at radius 2 is 1.74 bits per heavy atom. The lowest BCUT2D eigenvalue weighted by Gasteiger charge is -2.30. The molecule has 1 aromatic heterocycles. The fraction of sp³-hybridized carbons (Fsp3) is 0.412. The fourth-order valence-electron chi connectivity index (χ4n) is 6.65. The lowest BCUT2D eigenvalue weighted by molar-refractivity contribution is -0.142. The van der Waals surface area contributed by atoms with Crippen molar-refractivity contribution in [1.82, 2.24) is 14.8 Å². The van der Waals surface area contributed by atoms with Crippen molar-refractivity contribution in [1.29, 1.82) is 0 Å². The monoisotopic (exact) mass is 565 g/mol. The standard InChI is InChI=1S/C34H39N5O3/c1-33(2,3)32(42)39(21-25-10-5-4-9-24(25)20-38-15-6-7-16-38)22-29(40)36-27-13-12-23-18-34(19-26(23)17-27)28-11-8-14-35-30(28)37-31(34)41/h4-5,8-14,17H,6-7,15-16,18-22H2,1-3H3,(H,36,40)(H,35,37,41). The molecule has 1 spiro atoms. The Morgan fingerprint density at radius 3 is 2.50 bits per heavy atom. The molecule has 218 valence electrons. The van der Waals surface area contributed by atoms with Crippen LogP contribution in [0.15, 0.2) is 60.8 Å². The number of rotatable bonds is 7. The average molecular weight is 566 g/mol. The average Bonchev–Trinajstić information content (AvgIpc) is 3.67. The Bertz CT molecular complexity index is 1540. The van der Waals surface area contributed by atoms with Gasteiger partial charge in [0.15, 0.2) is 0 Å². The largest absolute Gasteiger partial charge is 0.329 e. The zero-order valence-electron chi connectivity index (χ0n) is 24.7. The molecular formula is C34H39N5O3. The number of benzene rings is 2. The summed E-state index contributed by atoms with van der Waals surface area (Å²) in [4.78, 5) is 48.5. The maximum Gasteiger partial charge on any atom is 0.244 e. The van der Waals surface area contributed by atoms with E-state index in [0.717, 1.165) is 41.9 Å². The van der Waals surface area contributed by atoms with Crippen molar-refractivity contribution in [3.63, 3.8) is 0 Å². The first kappa shape index (κ1) is 28.1. The predicted molar refractivity (Wildman–Crippen MR) is 163 cm³/mol. The van der Waals surface area contributed by atoms with Crippen LogP contribution in [0.5, 0.6) is 0 Å². The van der Waals surface area contributed by atoms with Crippen LogP contribution in [0.3, 0.4) is 0 Å². The van der Waals surface area contributed by atoms with E-state index in [9.17, 15) is 14.4 Å². The van der Waals surface area contributed by atoms with Crippen molar-refractivity contribution in [2.75, 3.05) is 30.3 Å². The molecule has 2 N–H and O–H groups in total. The summed E-state index contributed by atoms with van der Waals surface area (Å²) >= 11 is 0. The summed E-state index contributed by atoms with van der Waals surface area (Å²) in [5, 5.41) is 5.96. The number of hydrogen-bond acceptors (Lipinski definition) is 5. The summed E-state index contributed by atoms with van der Waals surface area (Å²) in [6, 6.07) is 17.9. The summed E-state index contributed by atoms with van der Waals surface area (Å²) in [6.45, 7) is 9.04. The highest BCUT2D eigenvalue weighted by atomic mass is 16.2. The molecule has 2 aromatic carbocycles. The van der Waals surface area contributed by atoms with Crippen molar-refractivity contribution >= 4 is 29.2 Å².